The molecule has 1 aromatic carbocycles. The molecule has 1 unspecified atom stereocenters. The number of hydrogen-bond acceptors (Lipinski definition) is 4. The van der Waals surface area contributed by atoms with Crippen molar-refractivity contribution >= 4 is 11.9 Å². The minimum absolute atomic E-state index is 0.113. The molecule has 23 heavy (non-hydrogen) atoms. The Bertz CT molecular complexity index is 589. The summed E-state index contributed by atoms with van der Waals surface area (Å²) >= 11 is 0. The van der Waals surface area contributed by atoms with Gasteiger partial charge in [-0.15, -0.1) is 0 Å². The van der Waals surface area contributed by atoms with Crippen molar-refractivity contribution in [3.63, 3.8) is 0 Å². The fourth-order valence-corrected chi connectivity index (χ4v) is 2.83. The molecule has 0 spiro atoms. The van der Waals surface area contributed by atoms with E-state index in [-0.39, 0.29) is 5.78 Å². The van der Waals surface area contributed by atoms with E-state index in [0.29, 0.717) is 0 Å². The van der Waals surface area contributed by atoms with Gasteiger partial charge in [-0.2, -0.15) is 0 Å². The standard InChI is InChI=1S/C18H25NO4/c1-12(20)15-14(13-10-8-7-9-11-13)19(18(5,6)22-15)16(21)23-17(2,3)4/h7-11,14-15H,1-6H3/t14-,15?/m0/s1. The highest BCUT2D eigenvalue weighted by Gasteiger charge is 2.53. The van der Waals surface area contributed by atoms with Crippen LogP contribution in [0.5, 0.6) is 0 Å². The molecular weight excluding hydrogens is 294 g/mol. The number of hydrogen-bond donors (Lipinski definition) is 0. The van der Waals surface area contributed by atoms with Gasteiger partial charge in [0.05, 0.1) is 6.04 Å². The van der Waals surface area contributed by atoms with Crippen LogP contribution in [0.25, 0.3) is 0 Å². The second-order valence-corrected chi connectivity index (χ2v) is 7.30. The van der Waals surface area contributed by atoms with Gasteiger partial charge in [-0.05, 0) is 47.1 Å². The number of ketones is 1. The zero-order chi connectivity index (χ0) is 17.4. The predicted molar refractivity (Wildman–Crippen MR) is 86.9 cm³/mol. The van der Waals surface area contributed by atoms with Gasteiger partial charge >= 0.3 is 6.09 Å². The Morgan fingerprint density at radius 3 is 2.22 bits per heavy atom. The lowest BCUT2D eigenvalue weighted by molar-refractivity contribution is -0.134. The molecule has 1 aliphatic heterocycles. The molecule has 0 aliphatic carbocycles. The fraction of sp³-hybridized carbons (Fsp3) is 0.556. The number of benzene rings is 1. The van der Waals surface area contributed by atoms with Gasteiger partial charge in [-0.25, -0.2) is 4.79 Å². The van der Waals surface area contributed by atoms with E-state index in [4.69, 9.17) is 9.47 Å². The third-order valence-electron chi connectivity index (χ3n) is 3.69. The van der Waals surface area contributed by atoms with E-state index in [1.165, 1.54) is 11.8 Å². The highest BCUT2D eigenvalue weighted by Crippen LogP contribution is 2.42. The summed E-state index contributed by atoms with van der Waals surface area (Å²) in [5.41, 5.74) is -0.703. The molecule has 0 radical (unpaired) electrons. The van der Waals surface area contributed by atoms with Crippen LogP contribution < -0.4 is 0 Å². The summed E-state index contributed by atoms with van der Waals surface area (Å²) in [7, 11) is 0. The molecule has 1 aromatic rings. The minimum Gasteiger partial charge on any atom is -0.444 e. The summed E-state index contributed by atoms with van der Waals surface area (Å²) in [6, 6.07) is 8.94. The summed E-state index contributed by atoms with van der Waals surface area (Å²) < 4.78 is 11.4. The molecular formula is C18H25NO4. The van der Waals surface area contributed by atoms with Gasteiger partial charge in [0.25, 0.3) is 0 Å². The fourth-order valence-electron chi connectivity index (χ4n) is 2.83. The van der Waals surface area contributed by atoms with Gasteiger partial charge in [-0.3, -0.25) is 9.69 Å². The Hall–Kier alpha value is -1.88. The average molecular weight is 319 g/mol. The van der Waals surface area contributed by atoms with Crippen molar-refractivity contribution < 1.29 is 19.1 Å². The van der Waals surface area contributed by atoms with Crippen molar-refractivity contribution in [3.8, 4) is 0 Å². The van der Waals surface area contributed by atoms with Crippen LogP contribution in [0.2, 0.25) is 0 Å². The van der Waals surface area contributed by atoms with Crippen LogP contribution in [0.3, 0.4) is 0 Å². The van der Waals surface area contributed by atoms with Crippen molar-refractivity contribution in [2.45, 2.75) is 65.0 Å². The first-order valence-electron chi connectivity index (χ1n) is 7.78. The van der Waals surface area contributed by atoms with Crippen molar-refractivity contribution in [1.82, 2.24) is 4.90 Å². The van der Waals surface area contributed by atoms with Crippen LogP contribution in [0.4, 0.5) is 4.79 Å². The monoisotopic (exact) mass is 319 g/mol. The van der Waals surface area contributed by atoms with Crippen LogP contribution in [-0.4, -0.2) is 34.2 Å². The topological polar surface area (TPSA) is 55.8 Å². The number of carbonyl (C=O) groups excluding carboxylic acids is 2. The van der Waals surface area contributed by atoms with Gasteiger partial charge in [0.2, 0.25) is 0 Å². The lowest BCUT2D eigenvalue weighted by Crippen LogP contribution is -2.47. The molecule has 0 saturated carbocycles. The highest BCUT2D eigenvalue weighted by molar-refractivity contribution is 5.83. The van der Waals surface area contributed by atoms with Crippen LogP contribution in [0, 0.1) is 0 Å². The molecule has 2 atom stereocenters. The Labute approximate surface area is 137 Å². The maximum Gasteiger partial charge on any atom is 0.413 e. The third-order valence-corrected chi connectivity index (χ3v) is 3.69. The molecule has 0 N–H and O–H groups in total. The van der Waals surface area contributed by atoms with Gasteiger partial charge in [0, 0.05) is 0 Å². The summed E-state index contributed by atoms with van der Waals surface area (Å²) in [6.45, 7) is 10.5. The van der Waals surface area contributed by atoms with E-state index >= 15 is 0 Å². The number of rotatable bonds is 2. The van der Waals surface area contributed by atoms with E-state index in [1.54, 1.807) is 13.8 Å². The van der Waals surface area contributed by atoms with Crippen molar-refractivity contribution in [3.05, 3.63) is 35.9 Å². The van der Waals surface area contributed by atoms with Crippen LogP contribution >= 0.6 is 0 Å². The smallest absolute Gasteiger partial charge is 0.413 e. The first-order valence-corrected chi connectivity index (χ1v) is 7.78. The Kier molecular flexibility index (Phi) is 4.53. The number of nitrogens with zero attached hydrogens (tertiary/aromatic N) is 1. The molecule has 5 nitrogen and oxygen atoms in total. The molecule has 0 bridgehead atoms. The van der Waals surface area contributed by atoms with E-state index < -0.39 is 29.6 Å². The van der Waals surface area contributed by atoms with Crippen LogP contribution in [-0.2, 0) is 14.3 Å². The van der Waals surface area contributed by atoms with Crippen molar-refractivity contribution in [1.29, 1.82) is 0 Å². The van der Waals surface area contributed by atoms with Crippen molar-refractivity contribution in [2.24, 2.45) is 0 Å². The molecule has 1 amide bonds. The molecule has 1 fully saturated rings. The lowest BCUT2D eigenvalue weighted by atomic mass is 9.98. The summed E-state index contributed by atoms with van der Waals surface area (Å²) in [6.07, 6.45) is -1.19. The van der Waals surface area contributed by atoms with E-state index in [2.05, 4.69) is 0 Å². The molecule has 1 saturated heterocycles. The van der Waals surface area contributed by atoms with E-state index in [1.807, 2.05) is 51.1 Å². The normalized spacial score (nSPS) is 23.7. The molecule has 1 aliphatic rings. The second kappa shape index (κ2) is 5.96. The van der Waals surface area contributed by atoms with Gasteiger partial charge in [-0.1, -0.05) is 30.3 Å². The highest BCUT2D eigenvalue weighted by atomic mass is 16.6. The van der Waals surface area contributed by atoms with Crippen LogP contribution in [0.1, 0.15) is 53.1 Å². The predicted octanol–water partition coefficient (Wildman–Crippen LogP) is 3.69. The quantitative estimate of drug-likeness (QED) is 0.834. The summed E-state index contributed by atoms with van der Waals surface area (Å²) in [5.74, 6) is -0.113. The number of Topliss-reactive ketones (excluding diaryl/α,β-unsaturated/α-hetero) is 1. The van der Waals surface area contributed by atoms with Gasteiger partial charge in [0.15, 0.2) is 5.78 Å². The second-order valence-electron chi connectivity index (χ2n) is 7.30. The Morgan fingerprint density at radius 2 is 1.74 bits per heavy atom. The van der Waals surface area contributed by atoms with E-state index in [9.17, 15) is 9.59 Å². The first-order chi connectivity index (χ1) is 10.5. The van der Waals surface area contributed by atoms with E-state index in [0.717, 1.165) is 5.56 Å². The Morgan fingerprint density at radius 1 is 1.17 bits per heavy atom. The molecule has 1 heterocycles. The number of carbonyl (C=O) groups is 2. The van der Waals surface area contributed by atoms with Crippen LogP contribution in [0.15, 0.2) is 30.3 Å². The molecule has 0 aromatic heterocycles. The molecule has 2 rings (SSSR count). The number of ether oxygens (including phenoxy) is 2. The zero-order valence-corrected chi connectivity index (χ0v) is 14.6. The minimum atomic E-state index is -0.931. The van der Waals surface area contributed by atoms with Gasteiger partial charge in [0.1, 0.15) is 17.4 Å². The number of amides is 1. The third kappa shape index (κ3) is 3.72. The lowest BCUT2D eigenvalue weighted by Gasteiger charge is -2.35. The summed E-state index contributed by atoms with van der Waals surface area (Å²) in [5, 5.41) is 0. The van der Waals surface area contributed by atoms with Crippen molar-refractivity contribution in [2.75, 3.05) is 0 Å². The first kappa shape index (κ1) is 17.5. The summed E-state index contributed by atoms with van der Waals surface area (Å²) in [4.78, 5) is 26.3. The Balaban J connectivity index is 2.46. The maximum atomic E-state index is 12.7. The average Bonchev–Trinajstić information content (AvgIpc) is 2.69. The zero-order valence-electron chi connectivity index (χ0n) is 14.6. The largest absolute Gasteiger partial charge is 0.444 e. The molecule has 5 heteroatoms. The molecule has 126 valence electrons. The maximum absolute atomic E-state index is 12.7. The van der Waals surface area contributed by atoms with Gasteiger partial charge < -0.3 is 9.47 Å². The SMILES string of the molecule is CC(=O)C1OC(C)(C)N(C(=O)OC(C)(C)C)[C@H]1c1ccccc1.